The average molecular weight is 320 g/mol. The standard InChI is InChI=1S/C20H20N2O2/c1-24-18-9-7-16(8-10-18)19(23)22-13-11-20(15-21,12-14-22)17-5-3-2-4-6-17/h2-10H,11-14H2,1H3. The lowest BCUT2D eigenvalue weighted by Gasteiger charge is -2.37. The number of nitrogens with zero attached hydrogens (tertiary/aromatic N) is 2. The Labute approximate surface area is 142 Å². The molecule has 0 bridgehead atoms. The topological polar surface area (TPSA) is 53.3 Å². The van der Waals surface area contributed by atoms with E-state index < -0.39 is 5.41 Å². The molecule has 1 amide bonds. The van der Waals surface area contributed by atoms with E-state index in [1.54, 1.807) is 31.4 Å². The third-order valence-corrected chi connectivity index (χ3v) is 4.78. The molecule has 0 atom stereocenters. The number of piperidine rings is 1. The van der Waals surface area contributed by atoms with E-state index in [4.69, 9.17) is 4.74 Å². The van der Waals surface area contributed by atoms with E-state index in [9.17, 15) is 10.1 Å². The number of hydrogen-bond acceptors (Lipinski definition) is 3. The Morgan fingerprint density at radius 2 is 1.71 bits per heavy atom. The van der Waals surface area contributed by atoms with Gasteiger partial charge in [-0.05, 0) is 42.7 Å². The summed E-state index contributed by atoms with van der Waals surface area (Å²) in [5.41, 5.74) is 1.21. The summed E-state index contributed by atoms with van der Waals surface area (Å²) < 4.78 is 5.12. The summed E-state index contributed by atoms with van der Waals surface area (Å²) in [5, 5.41) is 9.73. The Bertz CT molecular complexity index is 739. The van der Waals surface area contributed by atoms with Crippen molar-refractivity contribution in [3.8, 4) is 11.8 Å². The molecule has 0 radical (unpaired) electrons. The number of methoxy groups -OCH3 is 1. The molecule has 0 unspecified atom stereocenters. The number of ether oxygens (including phenoxy) is 1. The number of carbonyl (C=O) groups excluding carboxylic acids is 1. The fourth-order valence-electron chi connectivity index (χ4n) is 3.23. The van der Waals surface area contributed by atoms with E-state index in [1.807, 2.05) is 35.2 Å². The van der Waals surface area contributed by atoms with E-state index >= 15 is 0 Å². The van der Waals surface area contributed by atoms with Crippen LogP contribution in [0.3, 0.4) is 0 Å². The quantitative estimate of drug-likeness (QED) is 0.871. The lowest BCUT2D eigenvalue weighted by atomic mass is 9.74. The molecule has 1 fully saturated rings. The Hall–Kier alpha value is -2.80. The molecule has 1 aliphatic rings. The molecule has 1 saturated heterocycles. The predicted octanol–water partition coefficient (Wildman–Crippen LogP) is 3.39. The Morgan fingerprint density at radius 1 is 1.08 bits per heavy atom. The van der Waals surface area contributed by atoms with E-state index in [2.05, 4.69) is 6.07 Å². The van der Waals surface area contributed by atoms with Crippen molar-refractivity contribution in [2.45, 2.75) is 18.3 Å². The number of benzene rings is 2. The molecule has 4 heteroatoms. The first-order chi connectivity index (χ1) is 11.7. The van der Waals surface area contributed by atoms with E-state index in [0.717, 1.165) is 11.3 Å². The molecule has 0 aliphatic carbocycles. The minimum absolute atomic E-state index is 0.0113. The van der Waals surface area contributed by atoms with Crippen LogP contribution in [-0.2, 0) is 5.41 Å². The van der Waals surface area contributed by atoms with Crippen LogP contribution in [-0.4, -0.2) is 31.0 Å². The second-order valence-corrected chi connectivity index (χ2v) is 6.08. The van der Waals surface area contributed by atoms with Crippen molar-refractivity contribution >= 4 is 5.91 Å². The number of likely N-dealkylation sites (tertiary alicyclic amines) is 1. The zero-order valence-electron chi connectivity index (χ0n) is 13.7. The van der Waals surface area contributed by atoms with Gasteiger partial charge in [0.1, 0.15) is 5.75 Å². The van der Waals surface area contributed by atoms with Gasteiger partial charge in [-0.2, -0.15) is 5.26 Å². The van der Waals surface area contributed by atoms with Crippen molar-refractivity contribution in [3.63, 3.8) is 0 Å². The summed E-state index contributed by atoms with van der Waals surface area (Å²) in [6, 6.07) is 19.5. The van der Waals surface area contributed by atoms with Gasteiger partial charge in [-0.1, -0.05) is 30.3 Å². The van der Waals surface area contributed by atoms with Gasteiger partial charge in [0, 0.05) is 18.7 Å². The Kier molecular flexibility index (Phi) is 4.52. The van der Waals surface area contributed by atoms with E-state index in [-0.39, 0.29) is 5.91 Å². The molecule has 0 spiro atoms. The first-order valence-corrected chi connectivity index (χ1v) is 8.09. The predicted molar refractivity (Wildman–Crippen MR) is 91.9 cm³/mol. The molecule has 2 aromatic rings. The molecule has 0 N–H and O–H groups in total. The van der Waals surface area contributed by atoms with Gasteiger partial charge in [0.15, 0.2) is 0 Å². The number of hydrogen-bond donors (Lipinski definition) is 0. The average Bonchev–Trinajstić information content (AvgIpc) is 2.68. The third-order valence-electron chi connectivity index (χ3n) is 4.78. The first kappa shape index (κ1) is 16.1. The fourth-order valence-corrected chi connectivity index (χ4v) is 3.23. The van der Waals surface area contributed by atoms with E-state index in [1.165, 1.54) is 0 Å². The van der Waals surface area contributed by atoms with E-state index in [0.29, 0.717) is 31.5 Å². The van der Waals surface area contributed by atoms with Crippen molar-refractivity contribution < 1.29 is 9.53 Å². The van der Waals surface area contributed by atoms with Crippen LogP contribution in [0.25, 0.3) is 0 Å². The van der Waals surface area contributed by atoms with Crippen molar-refractivity contribution in [2.24, 2.45) is 0 Å². The van der Waals surface area contributed by atoms with Crippen molar-refractivity contribution in [1.82, 2.24) is 4.90 Å². The molecule has 3 rings (SSSR count). The van der Waals surface area contributed by atoms with Gasteiger partial charge in [-0.15, -0.1) is 0 Å². The minimum atomic E-state index is -0.488. The lowest BCUT2D eigenvalue weighted by molar-refractivity contribution is 0.0692. The molecule has 1 heterocycles. The van der Waals surface area contributed by atoms with Crippen LogP contribution >= 0.6 is 0 Å². The number of carbonyl (C=O) groups is 1. The monoisotopic (exact) mass is 320 g/mol. The van der Waals surface area contributed by atoms with Crippen LogP contribution in [0.4, 0.5) is 0 Å². The highest BCUT2D eigenvalue weighted by Gasteiger charge is 2.37. The molecule has 24 heavy (non-hydrogen) atoms. The summed E-state index contributed by atoms with van der Waals surface area (Å²) in [5.74, 6) is 0.745. The van der Waals surface area contributed by atoms with Gasteiger partial charge in [0.2, 0.25) is 0 Å². The fraction of sp³-hybridized carbons (Fsp3) is 0.300. The first-order valence-electron chi connectivity index (χ1n) is 8.09. The smallest absolute Gasteiger partial charge is 0.253 e. The molecular weight excluding hydrogens is 300 g/mol. The molecule has 122 valence electrons. The highest BCUT2D eigenvalue weighted by Crippen LogP contribution is 2.35. The summed E-state index contributed by atoms with van der Waals surface area (Å²) in [6.45, 7) is 1.18. The normalized spacial score (nSPS) is 16.2. The van der Waals surface area contributed by atoms with Gasteiger partial charge >= 0.3 is 0 Å². The van der Waals surface area contributed by atoms with Crippen molar-refractivity contribution in [1.29, 1.82) is 5.26 Å². The Balaban J connectivity index is 1.72. The van der Waals surface area contributed by atoms with Gasteiger partial charge in [-0.25, -0.2) is 0 Å². The molecule has 0 saturated carbocycles. The summed E-state index contributed by atoms with van der Waals surface area (Å²) in [7, 11) is 1.60. The Morgan fingerprint density at radius 3 is 2.25 bits per heavy atom. The highest BCUT2D eigenvalue weighted by atomic mass is 16.5. The second-order valence-electron chi connectivity index (χ2n) is 6.08. The third kappa shape index (κ3) is 2.98. The molecule has 1 aliphatic heterocycles. The van der Waals surface area contributed by atoms with Crippen LogP contribution < -0.4 is 4.74 Å². The summed E-state index contributed by atoms with van der Waals surface area (Å²) in [6.07, 6.45) is 1.32. The zero-order chi connectivity index (χ0) is 17.0. The summed E-state index contributed by atoms with van der Waals surface area (Å²) in [4.78, 5) is 14.5. The lowest BCUT2D eigenvalue weighted by Crippen LogP contribution is -2.44. The minimum Gasteiger partial charge on any atom is -0.497 e. The number of nitriles is 1. The van der Waals surface area contributed by atoms with Gasteiger partial charge in [0.25, 0.3) is 5.91 Å². The van der Waals surface area contributed by atoms with Gasteiger partial charge in [-0.3, -0.25) is 4.79 Å². The maximum atomic E-state index is 12.6. The van der Waals surface area contributed by atoms with Gasteiger partial charge < -0.3 is 9.64 Å². The second kappa shape index (κ2) is 6.76. The zero-order valence-corrected chi connectivity index (χ0v) is 13.7. The summed E-state index contributed by atoms with van der Waals surface area (Å²) >= 11 is 0. The SMILES string of the molecule is COc1ccc(C(=O)N2CCC(C#N)(c3ccccc3)CC2)cc1. The molecular formula is C20H20N2O2. The maximum absolute atomic E-state index is 12.6. The molecule has 0 aromatic heterocycles. The number of rotatable bonds is 3. The van der Waals surface area contributed by atoms with Crippen LogP contribution in [0.2, 0.25) is 0 Å². The molecule has 2 aromatic carbocycles. The largest absolute Gasteiger partial charge is 0.497 e. The van der Waals surface area contributed by atoms with Crippen molar-refractivity contribution in [2.75, 3.05) is 20.2 Å². The maximum Gasteiger partial charge on any atom is 0.253 e. The van der Waals surface area contributed by atoms with Crippen molar-refractivity contribution in [3.05, 3.63) is 65.7 Å². The number of amides is 1. The van der Waals surface area contributed by atoms with Crippen LogP contribution in [0.5, 0.6) is 5.75 Å². The van der Waals surface area contributed by atoms with Gasteiger partial charge in [0.05, 0.1) is 18.6 Å². The molecule has 4 nitrogen and oxygen atoms in total. The van der Waals surface area contributed by atoms with Crippen LogP contribution in [0, 0.1) is 11.3 Å². The highest BCUT2D eigenvalue weighted by molar-refractivity contribution is 5.94. The van der Waals surface area contributed by atoms with Crippen LogP contribution in [0.1, 0.15) is 28.8 Å². The van der Waals surface area contributed by atoms with Crippen LogP contribution in [0.15, 0.2) is 54.6 Å².